The molecule has 0 radical (unpaired) electrons. The topological polar surface area (TPSA) is 26.3 Å². The number of benzene rings is 1. The second kappa shape index (κ2) is 4.94. The monoisotopic (exact) mass is 320 g/mol. The number of hydrogen-bond donors (Lipinski definition) is 0. The highest BCUT2D eigenvalue weighted by Gasteiger charge is 2.35. The molecule has 0 saturated heterocycles. The Morgan fingerprint density at radius 3 is 2.43 bits per heavy atom. The molecule has 1 aromatic carbocycles. The zero-order valence-electron chi connectivity index (χ0n) is 7.67. The highest BCUT2D eigenvalue weighted by atomic mass is 79.9. The number of alkyl halides is 2. The van der Waals surface area contributed by atoms with Crippen LogP contribution in [0.5, 0.6) is 0 Å². The molecular formula is C10H10Br2O2. The van der Waals surface area contributed by atoms with Gasteiger partial charge in [0.25, 0.3) is 0 Å². The molecule has 14 heavy (non-hydrogen) atoms. The van der Waals surface area contributed by atoms with E-state index in [2.05, 4.69) is 31.9 Å². The Kier molecular flexibility index (Phi) is 4.13. The van der Waals surface area contributed by atoms with Crippen molar-refractivity contribution in [3.8, 4) is 0 Å². The molecular weight excluding hydrogens is 312 g/mol. The fraction of sp³-hybridized carbons (Fsp3) is 0.300. The van der Waals surface area contributed by atoms with Gasteiger partial charge in [-0.25, -0.2) is 4.79 Å². The summed E-state index contributed by atoms with van der Waals surface area (Å²) in [6.07, 6.45) is 0. The quantitative estimate of drug-likeness (QED) is 0.631. The van der Waals surface area contributed by atoms with Crippen LogP contribution in [0.25, 0.3) is 0 Å². The van der Waals surface area contributed by atoms with Crippen molar-refractivity contribution in [3.05, 3.63) is 35.9 Å². The van der Waals surface area contributed by atoms with Crippen molar-refractivity contribution in [3.63, 3.8) is 0 Å². The van der Waals surface area contributed by atoms with Crippen LogP contribution in [0.2, 0.25) is 0 Å². The number of ether oxygens (including phenoxy) is 1. The minimum atomic E-state index is -0.933. The van der Waals surface area contributed by atoms with Gasteiger partial charge >= 0.3 is 5.97 Å². The summed E-state index contributed by atoms with van der Waals surface area (Å²) in [4.78, 5) is 11.5. The third-order valence-corrected chi connectivity index (χ3v) is 3.23. The highest BCUT2D eigenvalue weighted by Crippen LogP contribution is 2.39. The van der Waals surface area contributed by atoms with Gasteiger partial charge in [-0.3, -0.25) is 0 Å². The number of rotatable bonds is 3. The van der Waals surface area contributed by atoms with Gasteiger partial charge in [0.1, 0.15) is 0 Å². The molecule has 0 bridgehead atoms. The second-order valence-corrected chi connectivity index (χ2v) is 6.10. The summed E-state index contributed by atoms with van der Waals surface area (Å²) in [6.45, 7) is 2.14. The average Bonchev–Trinajstić information content (AvgIpc) is 2.19. The number of carbonyl (C=O) groups is 1. The van der Waals surface area contributed by atoms with E-state index in [9.17, 15) is 4.79 Å². The van der Waals surface area contributed by atoms with E-state index in [0.717, 1.165) is 5.56 Å². The lowest BCUT2D eigenvalue weighted by atomic mass is 10.1. The van der Waals surface area contributed by atoms with Crippen LogP contribution in [0.3, 0.4) is 0 Å². The van der Waals surface area contributed by atoms with Gasteiger partial charge in [0.15, 0.2) is 0 Å². The van der Waals surface area contributed by atoms with Crippen molar-refractivity contribution in [1.29, 1.82) is 0 Å². The Labute approximate surface area is 99.9 Å². The maximum absolute atomic E-state index is 11.5. The minimum Gasteiger partial charge on any atom is -0.464 e. The Balaban J connectivity index is 2.90. The van der Waals surface area contributed by atoms with Gasteiger partial charge < -0.3 is 4.74 Å². The van der Waals surface area contributed by atoms with Crippen LogP contribution in [0.15, 0.2) is 30.3 Å². The van der Waals surface area contributed by atoms with Crippen molar-refractivity contribution >= 4 is 37.8 Å². The van der Waals surface area contributed by atoms with Crippen molar-refractivity contribution in [2.45, 2.75) is 10.2 Å². The SMILES string of the molecule is CCOC(=O)C(Br)(Br)c1ccccc1. The Morgan fingerprint density at radius 1 is 1.36 bits per heavy atom. The van der Waals surface area contributed by atoms with Crippen molar-refractivity contribution in [2.75, 3.05) is 6.61 Å². The molecule has 0 aliphatic rings. The van der Waals surface area contributed by atoms with Crippen LogP contribution in [0.1, 0.15) is 12.5 Å². The number of hydrogen-bond acceptors (Lipinski definition) is 2. The molecule has 0 atom stereocenters. The molecule has 0 fully saturated rings. The zero-order valence-corrected chi connectivity index (χ0v) is 10.8. The molecule has 0 saturated carbocycles. The van der Waals surface area contributed by atoms with Crippen LogP contribution in [-0.2, 0) is 12.8 Å². The molecule has 1 aromatic rings. The van der Waals surface area contributed by atoms with Crippen LogP contribution in [0.4, 0.5) is 0 Å². The van der Waals surface area contributed by atoms with E-state index in [1.165, 1.54) is 0 Å². The Morgan fingerprint density at radius 2 is 1.93 bits per heavy atom. The summed E-state index contributed by atoms with van der Waals surface area (Å²) in [5.74, 6) is -0.341. The second-order valence-electron chi connectivity index (χ2n) is 2.66. The summed E-state index contributed by atoms with van der Waals surface area (Å²) < 4.78 is 4.00. The normalized spacial score (nSPS) is 11.1. The van der Waals surface area contributed by atoms with E-state index in [4.69, 9.17) is 4.74 Å². The molecule has 0 spiro atoms. The predicted molar refractivity (Wildman–Crippen MR) is 62.6 cm³/mol. The molecule has 2 nitrogen and oxygen atoms in total. The molecule has 0 N–H and O–H groups in total. The van der Waals surface area contributed by atoms with Crippen molar-refractivity contribution in [2.24, 2.45) is 0 Å². The van der Waals surface area contributed by atoms with Crippen LogP contribution < -0.4 is 0 Å². The third kappa shape index (κ3) is 2.58. The summed E-state index contributed by atoms with van der Waals surface area (Å²) in [7, 11) is 0. The van der Waals surface area contributed by atoms with E-state index >= 15 is 0 Å². The summed E-state index contributed by atoms with van der Waals surface area (Å²) >= 11 is 6.60. The van der Waals surface area contributed by atoms with Crippen molar-refractivity contribution in [1.82, 2.24) is 0 Å². The molecule has 1 rings (SSSR count). The molecule has 0 aliphatic carbocycles. The standard InChI is InChI=1S/C10H10Br2O2/c1-2-14-9(13)10(11,12)8-6-4-3-5-7-8/h3-7H,2H2,1H3. The average molecular weight is 322 g/mol. The zero-order chi connectivity index (χ0) is 10.6. The molecule has 0 amide bonds. The fourth-order valence-corrected chi connectivity index (χ4v) is 1.74. The van der Waals surface area contributed by atoms with Gasteiger partial charge in [-0.2, -0.15) is 0 Å². The van der Waals surface area contributed by atoms with Crippen LogP contribution in [-0.4, -0.2) is 12.6 Å². The fourth-order valence-electron chi connectivity index (χ4n) is 0.987. The Bertz CT molecular complexity index is 309. The van der Waals surface area contributed by atoms with Crippen LogP contribution >= 0.6 is 31.9 Å². The minimum absolute atomic E-state index is 0.341. The van der Waals surface area contributed by atoms with Gasteiger partial charge in [0.2, 0.25) is 3.23 Å². The van der Waals surface area contributed by atoms with Gasteiger partial charge in [0, 0.05) is 0 Å². The van der Waals surface area contributed by atoms with Gasteiger partial charge in [0.05, 0.1) is 6.61 Å². The molecule has 0 heterocycles. The highest BCUT2D eigenvalue weighted by molar-refractivity contribution is 9.25. The Hall–Kier alpha value is -0.350. The van der Waals surface area contributed by atoms with Gasteiger partial charge in [-0.05, 0) is 12.5 Å². The molecule has 0 aromatic heterocycles. The van der Waals surface area contributed by atoms with E-state index in [1.54, 1.807) is 6.92 Å². The van der Waals surface area contributed by atoms with E-state index < -0.39 is 3.23 Å². The summed E-state index contributed by atoms with van der Waals surface area (Å²) in [5.41, 5.74) is 0.818. The lowest BCUT2D eigenvalue weighted by Gasteiger charge is -2.18. The molecule has 4 heteroatoms. The number of esters is 1. The van der Waals surface area contributed by atoms with E-state index in [0.29, 0.717) is 6.61 Å². The van der Waals surface area contributed by atoms with Gasteiger partial charge in [-0.15, -0.1) is 0 Å². The third-order valence-electron chi connectivity index (χ3n) is 1.67. The first-order valence-electron chi connectivity index (χ1n) is 4.19. The predicted octanol–water partition coefficient (Wildman–Crippen LogP) is 3.19. The molecule has 0 aliphatic heterocycles. The van der Waals surface area contributed by atoms with Crippen LogP contribution in [0, 0.1) is 0 Å². The van der Waals surface area contributed by atoms with E-state index in [1.807, 2.05) is 30.3 Å². The number of halogens is 2. The first-order chi connectivity index (χ1) is 6.59. The summed E-state index contributed by atoms with van der Waals surface area (Å²) in [6, 6.07) is 9.32. The lowest BCUT2D eigenvalue weighted by molar-refractivity contribution is -0.143. The smallest absolute Gasteiger partial charge is 0.338 e. The largest absolute Gasteiger partial charge is 0.464 e. The van der Waals surface area contributed by atoms with Gasteiger partial charge in [-0.1, -0.05) is 62.2 Å². The van der Waals surface area contributed by atoms with E-state index in [-0.39, 0.29) is 5.97 Å². The maximum atomic E-state index is 11.5. The molecule has 76 valence electrons. The molecule has 0 unspecified atom stereocenters. The van der Waals surface area contributed by atoms with Crippen molar-refractivity contribution < 1.29 is 9.53 Å². The maximum Gasteiger partial charge on any atom is 0.338 e. The summed E-state index contributed by atoms with van der Waals surface area (Å²) in [5, 5.41) is 0. The lowest BCUT2D eigenvalue weighted by Crippen LogP contribution is -2.24. The first kappa shape index (κ1) is 11.7. The number of carbonyl (C=O) groups excluding carboxylic acids is 1. The first-order valence-corrected chi connectivity index (χ1v) is 5.78.